The van der Waals surface area contributed by atoms with Crippen LogP contribution in [-0.4, -0.2) is 13.1 Å². The van der Waals surface area contributed by atoms with Crippen molar-refractivity contribution >= 4 is 5.97 Å². The third-order valence-corrected chi connectivity index (χ3v) is 3.64. The lowest BCUT2D eigenvalue weighted by Crippen LogP contribution is -1.97. The highest BCUT2D eigenvalue weighted by atomic mass is 16.5. The molecule has 2 nitrogen and oxygen atoms in total. The maximum Gasteiger partial charge on any atom is 0.305 e. The predicted molar refractivity (Wildman–Crippen MR) is 110 cm³/mol. The van der Waals surface area contributed by atoms with Crippen LogP contribution >= 0.6 is 0 Å². The van der Waals surface area contributed by atoms with Gasteiger partial charge in [0.1, 0.15) is 0 Å². The quantitative estimate of drug-likeness (QED) is 0.184. The Morgan fingerprint density at radius 3 is 1.56 bits per heavy atom. The minimum Gasteiger partial charge on any atom is -0.469 e. The van der Waals surface area contributed by atoms with Crippen LogP contribution in [0.4, 0.5) is 0 Å². The summed E-state index contributed by atoms with van der Waals surface area (Å²) < 4.78 is 4.58. The molecular weight excluding hydrogens is 308 g/mol. The normalized spacial score (nSPS) is 12.6. The highest BCUT2D eigenvalue weighted by Crippen LogP contribution is 2.01. The molecule has 0 aliphatic carbocycles. The van der Waals surface area contributed by atoms with E-state index in [1.807, 2.05) is 6.08 Å². The van der Waals surface area contributed by atoms with Crippen LogP contribution in [0, 0.1) is 0 Å². The first-order chi connectivity index (χ1) is 12.3. The van der Waals surface area contributed by atoms with E-state index in [1.54, 1.807) is 0 Å². The van der Waals surface area contributed by atoms with Crippen LogP contribution in [0.15, 0.2) is 60.8 Å². The molecule has 0 spiro atoms. The molecule has 0 radical (unpaired) electrons. The first-order valence-electron chi connectivity index (χ1n) is 9.63. The van der Waals surface area contributed by atoms with E-state index in [-0.39, 0.29) is 5.97 Å². The molecule has 0 heterocycles. The van der Waals surface area contributed by atoms with Crippen LogP contribution in [0.1, 0.15) is 71.1 Å². The van der Waals surface area contributed by atoms with Gasteiger partial charge in [-0.2, -0.15) is 0 Å². The van der Waals surface area contributed by atoms with Gasteiger partial charge in [0.25, 0.3) is 0 Å². The van der Waals surface area contributed by atoms with Crippen molar-refractivity contribution in [3.8, 4) is 0 Å². The van der Waals surface area contributed by atoms with Gasteiger partial charge in [0.15, 0.2) is 0 Å². The average Bonchev–Trinajstić information content (AvgIpc) is 2.63. The molecule has 0 aliphatic heterocycles. The molecular formula is C23H36O2. The third kappa shape index (κ3) is 20.1. The van der Waals surface area contributed by atoms with Gasteiger partial charge in [0.2, 0.25) is 0 Å². The van der Waals surface area contributed by atoms with Crippen molar-refractivity contribution in [3.63, 3.8) is 0 Å². The van der Waals surface area contributed by atoms with Gasteiger partial charge in [0.05, 0.1) is 7.11 Å². The Bertz CT molecular complexity index is 439. The zero-order valence-corrected chi connectivity index (χ0v) is 16.2. The minimum atomic E-state index is -0.151. The van der Waals surface area contributed by atoms with E-state index in [9.17, 15) is 4.79 Å². The molecule has 0 N–H and O–H groups in total. The van der Waals surface area contributed by atoms with Crippen LogP contribution in [0.3, 0.4) is 0 Å². The second-order valence-electron chi connectivity index (χ2n) is 5.91. The van der Waals surface area contributed by atoms with Gasteiger partial charge in [-0.1, -0.05) is 80.5 Å². The van der Waals surface area contributed by atoms with Crippen molar-refractivity contribution in [3.05, 3.63) is 60.8 Å². The fraction of sp³-hybridized carbons (Fsp3) is 0.522. The summed E-state index contributed by atoms with van der Waals surface area (Å²) in [6.45, 7) is 2.24. The summed E-state index contributed by atoms with van der Waals surface area (Å²) in [4.78, 5) is 10.9. The van der Waals surface area contributed by atoms with Crippen LogP contribution in [0.2, 0.25) is 0 Å². The topological polar surface area (TPSA) is 26.3 Å². The van der Waals surface area contributed by atoms with Gasteiger partial charge in [-0.25, -0.2) is 0 Å². The number of unbranched alkanes of at least 4 members (excludes halogenated alkanes) is 3. The molecule has 0 aromatic carbocycles. The second kappa shape index (κ2) is 20.2. The summed E-state index contributed by atoms with van der Waals surface area (Å²) in [5.74, 6) is -0.151. The Kier molecular flexibility index (Phi) is 18.7. The van der Waals surface area contributed by atoms with Crippen molar-refractivity contribution in [2.24, 2.45) is 0 Å². The summed E-state index contributed by atoms with van der Waals surface area (Å²) in [7, 11) is 1.42. The lowest BCUT2D eigenvalue weighted by molar-refractivity contribution is -0.140. The van der Waals surface area contributed by atoms with Gasteiger partial charge < -0.3 is 4.74 Å². The van der Waals surface area contributed by atoms with Crippen molar-refractivity contribution in [1.29, 1.82) is 0 Å². The zero-order chi connectivity index (χ0) is 18.4. The summed E-state index contributed by atoms with van der Waals surface area (Å²) in [5, 5.41) is 0. The molecule has 0 aliphatic rings. The Morgan fingerprint density at radius 2 is 1.12 bits per heavy atom. The standard InChI is InChI=1S/C23H36O2/c1-3-4-5-6-7-8-9-10-11-12-13-14-15-16-17-18-19-20-21-22-23(24)25-2/h7-8,10-11,13-14,16-17,19-20H,3-6,9,12,15,18,21-22H2,1-2H3/b8-7-,11-10-,14-13-,17-16-,20-19-. The molecule has 0 saturated heterocycles. The van der Waals surface area contributed by atoms with E-state index in [1.165, 1.54) is 32.8 Å². The molecule has 0 fully saturated rings. The fourth-order valence-corrected chi connectivity index (χ4v) is 2.14. The Balaban J connectivity index is 3.48. The number of methoxy groups -OCH3 is 1. The highest BCUT2D eigenvalue weighted by Gasteiger charge is 1.94. The Hall–Kier alpha value is -1.83. The van der Waals surface area contributed by atoms with E-state index in [0.29, 0.717) is 6.42 Å². The molecule has 0 aromatic rings. The molecule has 0 rings (SSSR count). The van der Waals surface area contributed by atoms with Crippen LogP contribution in [0.5, 0.6) is 0 Å². The molecule has 2 heteroatoms. The average molecular weight is 345 g/mol. The molecule has 0 amide bonds. The van der Waals surface area contributed by atoms with Gasteiger partial charge >= 0.3 is 5.97 Å². The Morgan fingerprint density at radius 1 is 0.680 bits per heavy atom. The number of allylic oxidation sites excluding steroid dienone is 10. The van der Waals surface area contributed by atoms with Crippen molar-refractivity contribution in [2.45, 2.75) is 71.1 Å². The summed E-state index contributed by atoms with van der Waals surface area (Å²) in [5.41, 5.74) is 0. The molecule has 140 valence electrons. The van der Waals surface area contributed by atoms with Gasteiger partial charge in [-0.15, -0.1) is 0 Å². The molecule has 0 unspecified atom stereocenters. The molecule has 0 saturated carbocycles. The maximum atomic E-state index is 10.9. The van der Waals surface area contributed by atoms with Crippen molar-refractivity contribution < 1.29 is 9.53 Å². The zero-order valence-electron chi connectivity index (χ0n) is 16.2. The summed E-state index contributed by atoms with van der Waals surface area (Å²) in [6, 6.07) is 0. The second-order valence-corrected chi connectivity index (χ2v) is 5.91. The predicted octanol–water partition coefficient (Wildman–Crippen LogP) is 6.86. The first-order valence-corrected chi connectivity index (χ1v) is 9.63. The Labute approximate surface area is 155 Å². The SMILES string of the molecule is CCCCC/C=C\C/C=C\C/C=C\C/C=C\C/C=C\CCC(=O)OC. The lowest BCUT2D eigenvalue weighted by Gasteiger charge is -1.93. The molecule has 0 bridgehead atoms. The van der Waals surface area contributed by atoms with E-state index in [4.69, 9.17) is 0 Å². The number of ether oxygens (including phenoxy) is 1. The number of hydrogen-bond acceptors (Lipinski definition) is 2. The van der Waals surface area contributed by atoms with Gasteiger partial charge in [-0.3, -0.25) is 4.79 Å². The maximum absolute atomic E-state index is 10.9. The number of carbonyl (C=O) groups is 1. The largest absolute Gasteiger partial charge is 0.469 e. The number of hydrogen-bond donors (Lipinski definition) is 0. The summed E-state index contributed by atoms with van der Waals surface area (Å²) in [6.07, 6.45) is 32.2. The van der Waals surface area contributed by atoms with Gasteiger partial charge in [0, 0.05) is 6.42 Å². The minimum absolute atomic E-state index is 0.151. The van der Waals surface area contributed by atoms with E-state index < -0.39 is 0 Å². The smallest absolute Gasteiger partial charge is 0.305 e. The van der Waals surface area contributed by atoms with Gasteiger partial charge in [-0.05, 0) is 44.9 Å². The lowest BCUT2D eigenvalue weighted by atomic mass is 10.2. The van der Waals surface area contributed by atoms with Crippen LogP contribution in [0.25, 0.3) is 0 Å². The molecule has 25 heavy (non-hydrogen) atoms. The van der Waals surface area contributed by atoms with Crippen molar-refractivity contribution in [2.75, 3.05) is 7.11 Å². The van der Waals surface area contributed by atoms with E-state index in [0.717, 1.165) is 32.1 Å². The van der Waals surface area contributed by atoms with Crippen LogP contribution < -0.4 is 0 Å². The van der Waals surface area contributed by atoms with Crippen molar-refractivity contribution in [1.82, 2.24) is 0 Å². The summed E-state index contributed by atoms with van der Waals surface area (Å²) >= 11 is 0. The first kappa shape index (κ1) is 23.2. The van der Waals surface area contributed by atoms with E-state index >= 15 is 0 Å². The highest BCUT2D eigenvalue weighted by molar-refractivity contribution is 5.69. The number of carbonyl (C=O) groups excluding carboxylic acids is 1. The van der Waals surface area contributed by atoms with Crippen LogP contribution in [-0.2, 0) is 9.53 Å². The monoisotopic (exact) mass is 344 g/mol. The van der Waals surface area contributed by atoms with E-state index in [2.05, 4.69) is 66.3 Å². The fourth-order valence-electron chi connectivity index (χ4n) is 2.14. The number of esters is 1. The molecule has 0 aromatic heterocycles. The third-order valence-electron chi connectivity index (χ3n) is 3.64. The molecule has 0 atom stereocenters. The number of rotatable bonds is 15.